The molecule has 0 saturated carbocycles. The van der Waals surface area contributed by atoms with E-state index < -0.39 is 11.6 Å². The lowest BCUT2D eigenvalue weighted by Gasteiger charge is -2.07. The molecule has 0 aliphatic rings. The van der Waals surface area contributed by atoms with Crippen LogP contribution in [0, 0.1) is 11.6 Å². The summed E-state index contributed by atoms with van der Waals surface area (Å²) in [7, 11) is 0. The quantitative estimate of drug-likeness (QED) is 0.792. The Morgan fingerprint density at radius 3 is 2.73 bits per heavy atom. The van der Waals surface area contributed by atoms with Crippen molar-refractivity contribution in [3.8, 4) is 5.75 Å². The number of ketones is 1. The maximum absolute atomic E-state index is 13.1. The summed E-state index contributed by atoms with van der Waals surface area (Å²) in [5, 5.41) is 0. The molecule has 0 aliphatic carbocycles. The predicted octanol–water partition coefficient (Wildman–Crippen LogP) is 3.09. The molecule has 0 aromatic heterocycles. The van der Waals surface area contributed by atoms with Gasteiger partial charge in [-0.1, -0.05) is 15.9 Å². The molecular weight excluding hydrogens is 270 g/mol. The highest BCUT2D eigenvalue weighted by molar-refractivity contribution is 9.10. The van der Waals surface area contributed by atoms with Gasteiger partial charge in [-0.25, -0.2) is 4.39 Å². The van der Waals surface area contributed by atoms with E-state index in [-0.39, 0.29) is 24.6 Å². The van der Waals surface area contributed by atoms with E-state index in [1.807, 2.05) is 0 Å². The van der Waals surface area contributed by atoms with Gasteiger partial charge < -0.3 is 4.74 Å². The van der Waals surface area contributed by atoms with E-state index in [0.717, 1.165) is 6.07 Å². The van der Waals surface area contributed by atoms with Crippen LogP contribution in [0.5, 0.6) is 5.75 Å². The maximum atomic E-state index is 13.1. The van der Waals surface area contributed by atoms with Gasteiger partial charge in [0.2, 0.25) is 5.82 Å². The molecule has 0 amide bonds. The molecule has 2 nitrogen and oxygen atoms in total. The van der Waals surface area contributed by atoms with Gasteiger partial charge in [-0.15, -0.1) is 0 Å². The van der Waals surface area contributed by atoms with Gasteiger partial charge in [0.1, 0.15) is 5.78 Å². The molecule has 0 unspecified atom stereocenters. The Bertz CT molecular complexity index is 380. The van der Waals surface area contributed by atoms with E-state index >= 15 is 0 Å². The highest BCUT2D eigenvalue weighted by Gasteiger charge is 2.11. The van der Waals surface area contributed by atoms with Crippen molar-refractivity contribution < 1.29 is 18.3 Å². The predicted molar refractivity (Wildman–Crippen MR) is 54.9 cm³/mol. The Morgan fingerprint density at radius 1 is 1.47 bits per heavy atom. The van der Waals surface area contributed by atoms with Gasteiger partial charge in [0, 0.05) is 10.9 Å². The summed E-state index contributed by atoms with van der Waals surface area (Å²) in [5.74, 6) is -2.28. The Kier molecular flexibility index (Phi) is 4.20. The van der Waals surface area contributed by atoms with E-state index in [2.05, 4.69) is 15.9 Å². The van der Waals surface area contributed by atoms with Gasteiger partial charge in [0.15, 0.2) is 11.6 Å². The first-order chi connectivity index (χ1) is 7.00. The fourth-order valence-electron chi connectivity index (χ4n) is 0.942. The summed E-state index contributed by atoms with van der Waals surface area (Å²) in [6, 6.07) is 2.33. The zero-order valence-electron chi connectivity index (χ0n) is 8.02. The SMILES string of the molecule is CC(=O)CCOc1cc(Br)cc(F)c1F. The first-order valence-corrected chi connectivity index (χ1v) is 5.07. The molecule has 0 saturated heterocycles. The van der Waals surface area contributed by atoms with Crippen LogP contribution in [0.3, 0.4) is 0 Å². The van der Waals surface area contributed by atoms with Crippen molar-refractivity contribution in [3.05, 3.63) is 28.2 Å². The summed E-state index contributed by atoms with van der Waals surface area (Å²) >= 11 is 3.01. The second-order valence-corrected chi connectivity index (χ2v) is 3.92. The molecule has 82 valence electrons. The van der Waals surface area contributed by atoms with Crippen molar-refractivity contribution in [3.63, 3.8) is 0 Å². The third kappa shape index (κ3) is 3.58. The number of rotatable bonds is 4. The van der Waals surface area contributed by atoms with Crippen molar-refractivity contribution in [2.24, 2.45) is 0 Å². The maximum Gasteiger partial charge on any atom is 0.200 e. The van der Waals surface area contributed by atoms with Crippen molar-refractivity contribution in [1.82, 2.24) is 0 Å². The molecule has 1 aromatic rings. The standard InChI is InChI=1S/C10H9BrF2O2/c1-6(14)2-3-15-9-5-7(11)4-8(12)10(9)13/h4-5H,2-3H2,1H3. The second kappa shape index (κ2) is 5.21. The van der Waals surface area contributed by atoms with E-state index in [9.17, 15) is 13.6 Å². The molecule has 0 bridgehead atoms. The van der Waals surface area contributed by atoms with Gasteiger partial charge in [0.05, 0.1) is 6.61 Å². The highest BCUT2D eigenvalue weighted by atomic mass is 79.9. The number of benzene rings is 1. The highest BCUT2D eigenvalue weighted by Crippen LogP contribution is 2.25. The minimum absolute atomic E-state index is 0.0438. The molecule has 15 heavy (non-hydrogen) atoms. The van der Waals surface area contributed by atoms with Crippen LogP contribution >= 0.6 is 15.9 Å². The summed E-state index contributed by atoms with van der Waals surface area (Å²) < 4.78 is 31.3. The largest absolute Gasteiger partial charge is 0.490 e. The first-order valence-electron chi connectivity index (χ1n) is 4.27. The number of halogens is 3. The minimum atomic E-state index is -1.04. The molecule has 0 heterocycles. The molecule has 0 spiro atoms. The van der Waals surface area contributed by atoms with Crippen molar-refractivity contribution >= 4 is 21.7 Å². The molecule has 1 aromatic carbocycles. The van der Waals surface area contributed by atoms with Crippen LogP contribution in [-0.2, 0) is 4.79 Å². The summed E-state index contributed by atoms with van der Waals surface area (Å²) in [6.07, 6.45) is 0.174. The van der Waals surface area contributed by atoms with Crippen LogP contribution in [0.2, 0.25) is 0 Å². The van der Waals surface area contributed by atoms with Gasteiger partial charge in [-0.2, -0.15) is 4.39 Å². The average molecular weight is 279 g/mol. The zero-order valence-corrected chi connectivity index (χ0v) is 9.61. The molecule has 0 fully saturated rings. The smallest absolute Gasteiger partial charge is 0.200 e. The molecule has 0 aliphatic heterocycles. The third-order valence-electron chi connectivity index (χ3n) is 1.67. The van der Waals surface area contributed by atoms with Crippen LogP contribution in [0.1, 0.15) is 13.3 Å². The molecule has 1 rings (SSSR count). The monoisotopic (exact) mass is 278 g/mol. The number of carbonyl (C=O) groups is 1. The molecule has 0 atom stereocenters. The van der Waals surface area contributed by atoms with Crippen LogP contribution in [0.25, 0.3) is 0 Å². The van der Waals surface area contributed by atoms with Gasteiger partial charge >= 0.3 is 0 Å². The van der Waals surface area contributed by atoms with E-state index in [1.54, 1.807) is 0 Å². The number of hydrogen-bond donors (Lipinski definition) is 0. The van der Waals surface area contributed by atoms with Crippen molar-refractivity contribution in [2.45, 2.75) is 13.3 Å². The number of hydrogen-bond acceptors (Lipinski definition) is 2. The van der Waals surface area contributed by atoms with Crippen LogP contribution in [0.15, 0.2) is 16.6 Å². The molecular formula is C10H9BrF2O2. The Balaban J connectivity index is 2.72. The zero-order chi connectivity index (χ0) is 11.4. The van der Waals surface area contributed by atoms with Crippen molar-refractivity contribution in [2.75, 3.05) is 6.61 Å². The average Bonchev–Trinajstić information content (AvgIpc) is 2.12. The Labute approximate surface area is 94.4 Å². The Hall–Kier alpha value is -0.970. The lowest BCUT2D eigenvalue weighted by molar-refractivity contribution is -0.117. The fraction of sp³-hybridized carbons (Fsp3) is 0.300. The summed E-state index contributed by atoms with van der Waals surface area (Å²) in [4.78, 5) is 10.6. The van der Waals surface area contributed by atoms with Gasteiger partial charge in [-0.05, 0) is 19.1 Å². The lowest BCUT2D eigenvalue weighted by Crippen LogP contribution is -2.04. The molecule has 5 heteroatoms. The second-order valence-electron chi connectivity index (χ2n) is 3.00. The fourth-order valence-corrected chi connectivity index (χ4v) is 1.35. The third-order valence-corrected chi connectivity index (χ3v) is 2.13. The molecule has 0 radical (unpaired) electrons. The van der Waals surface area contributed by atoms with Crippen LogP contribution < -0.4 is 4.74 Å². The Morgan fingerprint density at radius 2 is 2.13 bits per heavy atom. The van der Waals surface area contributed by atoms with Crippen LogP contribution in [-0.4, -0.2) is 12.4 Å². The van der Waals surface area contributed by atoms with E-state index in [1.165, 1.54) is 13.0 Å². The van der Waals surface area contributed by atoms with Crippen LogP contribution in [0.4, 0.5) is 8.78 Å². The van der Waals surface area contributed by atoms with Gasteiger partial charge in [-0.3, -0.25) is 4.79 Å². The minimum Gasteiger partial charge on any atom is -0.490 e. The van der Waals surface area contributed by atoms with Gasteiger partial charge in [0.25, 0.3) is 0 Å². The lowest BCUT2D eigenvalue weighted by atomic mass is 10.3. The summed E-state index contributed by atoms with van der Waals surface area (Å²) in [5.41, 5.74) is 0. The van der Waals surface area contributed by atoms with E-state index in [0.29, 0.717) is 4.47 Å². The summed E-state index contributed by atoms with van der Waals surface area (Å²) in [6.45, 7) is 1.45. The molecule has 0 N–H and O–H groups in total. The normalized spacial score (nSPS) is 10.1. The first kappa shape index (κ1) is 12.1. The van der Waals surface area contributed by atoms with Crippen molar-refractivity contribution in [1.29, 1.82) is 0 Å². The topological polar surface area (TPSA) is 26.3 Å². The number of carbonyl (C=O) groups excluding carboxylic acids is 1. The number of ether oxygens (including phenoxy) is 1. The number of Topliss-reactive ketones (excluding diaryl/α,β-unsaturated/α-hetero) is 1. The van der Waals surface area contributed by atoms with E-state index in [4.69, 9.17) is 4.74 Å².